The molecule has 0 bridgehead atoms. The summed E-state index contributed by atoms with van der Waals surface area (Å²) in [6.45, 7) is 3.80. The number of hydrogen-bond acceptors (Lipinski definition) is 4. The van der Waals surface area contributed by atoms with Gasteiger partial charge in [0, 0.05) is 18.1 Å². The van der Waals surface area contributed by atoms with Crippen molar-refractivity contribution < 1.29 is 5.11 Å². The lowest BCUT2D eigenvalue weighted by atomic mass is 10.1. The maximum atomic E-state index is 10.0. The number of anilines is 1. The minimum absolute atomic E-state index is 0.0474. The molecule has 0 aliphatic rings. The Balaban J connectivity index is 2.22. The average molecular weight is 282 g/mol. The Morgan fingerprint density at radius 2 is 1.86 bits per heavy atom. The maximum Gasteiger partial charge on any atom is 0.139 e. The zero-order valence-electron chi connectivity index (χ0n) is 12.1. The first-order chi connectivity index (χ1) is 10.1. The van der Waals surface area contributed by atoms with E-state index < -0.39 is 6.10 Å². The van der Waals surface area contributed by atoms with Gasteiger partial charge in [-0.25, -0.2) is 4.98 Å². The summed E-state index contributed by atoms with van der Waals surface area (Å²) < 4.78 is 2.05. The molecule has 0 saturated heterocycles. The van der Waals surface area contributed by atoms with Crippen LogP contribution in [-0.2, 0) is 0 Å². The first kappa shape index (κ1) is 13.6. The van der Waals surface area contributed by atoms with Crippen LogP contribution in [0.5, 0.6) is 0 Å². The van der Waals surface area contributed by atoms with E-state index in [2.05, 4.69) is 21.5 Å². The van der Waals surface area contributed by atoms with E-state index in [9.17, 15) is 5.11 Å². The molecule has 1 aromatic carbocycles. The zero-order chi connectivity index (χ0) is 15.0. The predicted octanol–water partition coefficient (Wildman–Crippen LogP) is 2.68. The molecule has 3 rings (SSSR count). The van der Waals surface area contributed by atoms with E-state index >= 15 is 0 Å². The highest BCUT2D eigenvalue weighted by molar-refractivity contribution is 5.80. The number of aliphatic hydroxyl groups is 1. The van der Waals surface area contributed by atoms with Gasteiger partial charge in [-0.15, -0.1) is 0 Å². The van der Waals surface area contributed by atoms with Crippen molar-refractivity contribution in [1.29, 1.82) is 0 Å². The highest BCUT2D eigenvalue weighted by Crippen LogP contribution is 2.29. The highest BCUT2D eigenvalue weighted by Gasteiger charge is 2.20. The van der Waals surface area contributed by atoms with Crippen molar-refractivity contribution in [3.63, 3.8) is 0 Å². The SMILES string of the molecule is CC(O)c1nc2cc(N)ccc2n1C(C)c1ccncc1. The van der Waals surface area contributed by atoms with Crippen molar-refractivity contribution in [3.05, 3.63) is 54.1 Å². The van der Waals surface area contributed by atoms with Gasteiger partial charge in [-0.3, -0.25) is 4.98 Å². The van der Waals surface area contributed by atoms with E-state index in [4.69, 9.17) is 5.73 Å². The molecule has 3 aromatic rings. The summed E-state index contributed by atoms with van der Waals surface area (Å²) in [5.74, 6) is 0.639. The van der Waals surface area contributed by atoms with Gasteiger partial charge in [-0.1, -0.05) is 0 Å². The van der Waals surface area contributed by atoms with Crippen LogP contribution in [0.1, 0.15) is 37.4 Å². The number of hydrogen-bond donors (Lipinski definition) is 2. The molecule has 2 heterocycles. The van der Waals surface area contributed by atoms with Crippen LogP contribution in [0.15, 0.2) is 42.7 Å². The second-order valence-corrected chi connectivity index (χ2v) is 5.22. The molecule has 0 fully saturated rings. The molecular formula is C16H18N4O. The van der Waals surface area contributed by atoms with Crippen LogP contribution < -0.4 is 5.73 Å². The standard InChI is InChI=1S/C16H18N4O/c1-10(12-5-7-18-8-6-12)20-15-4-3-13(17)9-14(15)19-16(20)11(2)21/h3-11,21H,17H2,1-2H3. The van der Waals surface area contributed by atoms with Crippen LogP contribution in [0, 0.1) is 0 Å². The molecule has 21 heavy (non-hydrogen) atoms. The molecule has 2 aromatic heterocycles. The highest BCUT2D eigenvalue weighted by atomic mass is 16.3. The van der Waals surface area contributed by atoms with Crippen molar-refractivity contribution in [2.24, 2.45) is 0 Å². The third kappa shape index (κ3) is 2.36. The second-order valence-electron chi connectivity index (χ2n) is 5.22. The predicted molar refractivity (Wildman–Crippen MR) is 82.8 cm³/mol. The van der Waals surface area contributed by atoms with Crippen LogP contribution in [0.25, 0.3) is 11.0 Å². The summed E-state index contributed by atoms with van der Waals surface area (Å²) in [4.78, 5) is 8.59. The van der Waals surface area contributed by atoms with Crippen molar-refractivity contribution >= 4 is 16.7 Å². The number of fused-ring (bicyclic) bond motifs is 1. The van der Waals surface area contributed by atoms with Crippen LogP contribution in [0.4, 0.5) is 5.69 Å². The van der Waals surface area contributed by atoms with E-state index in [1.165, 1.54) is 0 Å². The van der Waals surface area contributed by atoms with Gasteiger partial charge >= 0.3 is 0 Å². The number of rotatable bonds is 3. The largest absolute Gasteiger partial charge is 0.399 e. The van der Waals surface area contributed by atoms with Crippen LogP contribution in [-0.4, -0.2) is 19.6 Å². The third-order valence-corrected chi connectivity index (χ3v) is 3.69. The summed E-state index contributed by atoms with van der Waals surface area (Å²) in [5.41, 5.74) is 9.37. The van der Waals surface area contributed by atoms with Gasteiger partial charge in [-0.2, -0.15) is 0 Å². The third-order valence-electron chi connectivity index (χ3n) is 3.69. The quantitative estimate of drug-likeness (QED) is 0.724. The molecule has 0 aliphatic heterocycles. The summed E-state index contributed by atoms with van der Waals surface area (Å²) in [6.07, 6.45) is 2.89. The molecule has 2 unspecified atom stereocenters. The molecule has 0 aliphatic carbocycles. The van der Waals surface area contributed by atoms with Gasteiger partial charge < -0.3 is 15.4 Å². The molecular weight excluding hydrogens is 264 g/mol. The number of benzene rings is 1. The van der Waals surface area contributed by atoms with Crippen molar-refractivity contribution in [2.45, 2.75) is 26.0 Å². The Labute approximate surface area is 123 Å². The van der Waals surface area contributed by atoms with Crippen molar-refractivity contribution in [2.75, 3.05) is 5.73 Å². The summed E-state index contributed by atoms with van der Waals surface area (Å²) in [5, 5.41) is 10.0. The van der Waals surface area contributed by atoms with E-state index in [1.54, 1.807) is 19.3 Å². The Hall–Kier alpha value is -2.40. The average Bonchev–Trinajstić information content (AvgIpc) is 2.86. The van der Waals surface area contributed by atoms with Gasteiger partial charge in [0.05, 0.1) is 17.1 Å². The minimum Gasteiger partial charge on any atom is -0.399 e. The smallest absolute Gasteiger partial charge is 0.139 e. The zero-order valence-corrected chi connectivity index (χ0v) is 12.1. The fourth-order valence-corrected chi connectivity index (χ4v) is 2.63. The Morgan fingerprint density at radius 3 is 2.52 bits per heavy atom. The molecule has 2 atom stereocenters. The van der Waals surface area contributed by atoms with Crippen LogP contribution in [0.2, 0.25) is 0 Å². The number of aromatic nitrogens is 3. The molecule has 0 saturated carbocycles. The van der Waals surface area contributed by atoms with E-state index in [0.717, 1.165) is 16.6 Å². The number of aliphatic hydroxyl groups excluding tert-OH is 1. The van der Waals surface area contributed by atoms with Gasteiger partial charge in [0.15, 0.2) is 0 Å². The van der Waals surface area contributed by atoms with Crippen molar-refractivity contribution in [3.8, 4) is 0 Å². The number of nitrogen functional groups attached to an aromatic ring is 1. The second kappa shape index (κ2) is 5.18. The topological polar surface area (TPSA) is 77.0 Å². The first-order valence-corrected chi connectivity index (χ1v) is 6.93. The summed E-state index contributed by atoms with van der Waals surface area (Å²) in [7, 11) is 0. The summed E-state index contributed by atoms with van der Waals surface area (Å²) >= 11 is 0. The van der Waals surface area contributed by atoms with E-state index in [1.807, 2.05) is 30.3 Å². The fourth-order valence-electron chi connectivity index (χ4n) is 2.63. The molecule has 0 spiro atoms. The number of nitrogens with two attached hydrogens (primary N) is 1. The number of imidazole rings is 1. The lowest BCUT2D eigenvalue weighted by molar-refractivity contribution is 0.183. The van der Waals surface area contributed by atoms with Crippen molar-refractivity contribution in [1.82, 2.24) is 14.5 Å². The van der Waals surface area contributed by atoms with Gasteiger partial charge in [0.2, 0.25) is 0 Å². The number of pyridine rings is 1. The molecule has 3 N–H and O–H groups in total. The lowest BCUT2D eigenvalue weighted by Gasteiger charge is -2.19. The van der Waals surface area contributed by atoms with Gasteiger partial charge in [-0.05, 0) is 49.7 Å². The van der Waals surface area contributed by atoms with Gasteiger partial charge in [0.1, 0.15) is 11.9 Å². The van der Waals surface area contributed by atoms with Gasteiger partial charge in [0.25, 0.3) is 0 Å². The molecule has 5 nitrogen and oxygen atoms in total. The molecule has 0 radical (unpaired) electrons. The molecule has 0 amide bonds. The molecule has 5 heteroatoms. The lowest BCUT2D eigenvalue weighted by Crippen LogP contribution is -2.12. The fraction of sp³-hybridized carbons (Fsp3) is 0.250. The summed E-state index contributed by atoms with van der Waals surface area (Å²) in [6, 6.07) is 9.62. The monoisotopic (exact) mass is 282 g/mol. The Bertz CT molecular complexity index is 765. The number of nitrogens with zero attached hydrogens (tertiary/aromatic N) is 3. The van der Waals surface area contributed by atoms with Crippen LogP contribution in [0.3, 0.4) is 0 Å². The normalized spacial score (nSPS) is 14.2. The minimum atomic E-state index is -0.650. The van der Waals surface area contributed by atoms with E-state index in [0.29, 0.717) is 11.5 Å². The Kier molecular flexibility index (Phi) is 3.35. The Morgan fingerprint density at radius 1 is 1.14 bits per heavy atom. The first-order valence-electron chi connectivity index (χ1n) is 6.93. The van der Waals surface area contributed by atoms with Crippen LogP contribution >= 0.6 is 0 Å². The molecule has 108 valence electrons. The maximum absolute atomic E-state index is 10.0. The van der Waals surface area contributed by atoms with E-state index in [-0.39, 0.29) is 6.04 Å².